The quantitative estimate of drug-likeness (QED) is 0.107. The summed E-state index contributed by atoms with van der Waals surface area (Å²) in [5.74, 6) is 6.16. The Hall–Kier alpha value is -3.83. The van der Waals surface area contributed by atoms with Crippen molar-refractivity contribution >= 4 is 39.6 Å². The van der Waals surface area contributed by atoms with Crippen LogP contribution in [0.1, 0.15) is 61.7 Å². The molecule has 0 aliphatic carbocycles. The summed E-state index contributed by atoms with van der Waals surface area (Å²) in [7, 11) is 0. The summed E-state index contributed by atoms with van der Waals surface area (Å²) in [4.78, 5) is 9.20. The fourth-order valence-electron chi connectivity index (χ4n) is 6.37. The van der Waals surface area contributed by atoms with Gasteiger partial charge in [-0.2, -0.15) is 0 Å². The number of furan rings is 1. The molecule has 1 radical (unpaired) electrons. The van der Waals surface area contributed by atoms with Gasteiger partial charge in [-0.1, -0.05) is 78.9 Å². The second kappa shape index (κ2) is 17.1. The SMILES string of the molecule is [2H]C(CC)(CC)c1ccnc(-c2[c-]ccc3c2oc2cc(-c4ccccc4)ccc23)c1.[2H]C([2H])(c1cc(-c2[c-]cccc2)nc[c]1[Ge]([CH3])([CH3])[CH3])C(C)C.[Ir]. The molecule has 0 aliphatic heterocycles. The van der Waals surface area contributed by atoms with Gasteiger partial charge in [0.15, 0.2) is 0 Å². The number of aromatic nitrogens is 2. The van der Waals surface area contributed by atoms with Crippen LogP contribution in [-0.2, 0) is 26.5 Å². The van der Waals surface area contributed by atoms with Gasteiger partial charge in [-0.15, -0.1) is 18.2 Å². The maximum Gasteiger partial charge on any atom is 0 e. The second-order valence-electron chi connectivity index (χ2n) is 14.0. The molecule has 263 valence electrons. The maximum absolute atomic E-state index is 8.81. The van der Waals surface area contributed by atoms with Crippen LogP contribution in [0.25, 0.3) is 55.6 Å². The van der Waals surface area contributed by atoms with Gasteiger partial charge in [0.2, 0.25) is 0 Å². The third kappa shape index (κ3) is 8.98. The van der Waals surface area contributed by atoms with Crippen LogP contribution in [0.15, 0.2) is 120 Å². The monoisotopic (exact) mass is 914 g/mol. The van der Waals surface area contributed by atoms with E-state index in [0.717, 1.165) is 83.9 Å². The van der Waals surface area contributed by atoms with Crippen molar-refractivity contribution in [1.29, 1.82) is 0 Å². The van der Waals surface area contributed by atoms with Crippen LogP contribution in [0.5, 0.6) is 0 Å². The first-order valence-electron chi connectivity index (χ1n) is 19.1. The van der Waals surface area contributed by atoms with E-state index < -0.39 is 25.5 Å². The summed E-state index contributed by atoms with van der Waals surface area (Å²) < 4.78 is 33.4. The van der Waals surface area contributed by atoms with E-state index in [9.17, 15) is 0 Å². The van der Waals surface area contributed by atoms with Gasteiger partial charge in [0.25, 0.3) is 0 Å². The fraction of sp³-hybridized carbons (Fsp3) is 0.261. The molecule has 0 unspecified atom stereocenters. The number of benzene rings is 4. The third-order valence-electron chi connectivity index (χ3n) is 8.96. The molecule has 0 amide bonds. The van der Waals surface area contributed by atoms with Gasteiger partial charge in [-0.3, -0.25) is 0 Å². The first-order valence-corrected chi connectivity index (χ1v) is 25.0. The molecule has 0 atom stereocenters. The van der Waals surface area contributed by atoms with Gasteiger partial charge in [0.05, 0.1) is 5.58 Å². The van der Waals surface area contributed by atoms with Crippen LogP contribution in [-0.4, -0.2) is 23.2 Å². The van der Waals surface area contributed by atoms with Crippen LogP contribution in [0.2, 0.25) is 17.3 Å². The molecule has 7 rings (SSSR count). The summed E-state index contributed by atoms with van der Waals surface area (Å²) in [5, 5.41) is 2.14. The van der Waals surface area contributed by atoms with E-state index in [1.807, 2.05) is 92.8 Å². The minimum Gasteiger partial charge on any atom is 0 e. The van der Waals surface area contributed by atoms with Crippen molar-refractivity contribution in [1.82, 2.24) is 9.97 Å². The van der Waals surface area contributed by atoms with Gasteiger partial charge >= 0.3 is 128 Å². The summed E-state index contributed by atoms with van der Waals surface area (Å²) in [6, 6.07) is 40.8. The molecule has 0 saturated heterocycles. The smallest absolute Gasteiger partial charge is 0 e. The number of hydrogen-bond donors (Lipinski definition) is 0. The summed E-state index contributed by atoms with van der Waals surface area (Å²) in [6.45, 7) is 8.00. The standard InChI is InChI=1S/C28H24NO.C18H24GeN.Ir/c1-3-19(4-2)22-15-16-29-26(17-22)25-12-8-11-24-23-14-13-21(18-27(23)30-28(24)25)20-9-6-5-7-10-20;1-14(2)11-16-12-18(15-9-7-6-8-10-15)20-13-17(16)19(3,4)5;/h5-11,13-19H,3-4H2,1-2H3;6-9,12-14H,11H2,1-5H3;/q2*-1;/i19D;11D2;. The van der Waals surface area contributed by atoms with Crippen LogP contribution >= 0.6 is 0 Å². The van der Waals surface area contributed by atoms with Crippen molar-refractivity contribution in [3.05, 3.63) is 139 Å². The Labute approximate surface area is 324 Å². The zero-order valence-electron chi connectivity index (χ0n) is 33.6. The molecule has 3 nitrogen and oxygen atoms in total. The number of pyridine rings is 2. The van der Waals surface area contributed by atoms with Crippen molar-refractivity contribution in [2.45, 2.75) is 70.1 Å². The molecular formula is C46H48GeIrN2O-2. The van der Waals surface area contributed by atoms with Gasteiger partial charge in [0, 0.05) is 33.1 Å². The van der Waals surface area contributed by atoms with E-state index in [1.165, 1.54) is 0 Å². The molecule has 0 bridgehead atoms. The Morgan fingerprint density at radius 3 is 2.24 bits per heavy atom. The zero-order valence-corrected chi connectivity index (χ0v) is 35.1. The van der Waals surface area contributed by atoms with E-state index in [2.05, 4.69) is 83.5 Å². The third-order valence-corrected chi connectivity index (χ3v) is 13.2. The predicted molar refractivity (Wildman–Crippen MR) is 215 cm³/mol. The molecule has 51 heavy (non-hydrogen) atoms. The summed E-state index contributed by atoms with van der Waals surface area (Å²) in [6.07, 6.45) is 3.87. The van der Waals surface area contributed by atoms with E-state index in [1.54, 1.807) is 6.20 Å². The Kier molecular flexibility index (Phi) is 11.5. The summed E-state index contributed by atoms with van der Waals surface area (Å²) in [5.41, 5.74) is 9.08. The van der Waals surface area contributed by atoms with Crippen molar-refractivity contribution in [3.63, 3.8) is 0 Å². The van der Waals surface area contributed by atoms with Crippen molar-refractivity contribution in [2.75, 3.05) is 0 Å². The van der Waals surface area contributed by atoms with Gasteiger partial charge < -0.3 is 9.40 Å². The number of hydrogen-bond acceptors (Lipinski definition) is 3. The first-order chi connectivity index (χ1) is 25.3. The van der Waals surface area contributed by atoms with Crippen molar-refractivity contribution in [3.8, 4) is 33.6 Å². The van der Waals surface area contributed by atoms with E-state index in [0.29, 0.717) is 0 Å². The molecular weight excluding hydrogens is 861 g/mol. The molecule has 7 aromatic rings. The van der Waals surface area contributed by atoms with Crippen molar-refractivity contribution < 1.29 is 28.6 Å². The van der Waals surface area contributed by atoms with Crippen LogP contribution in [0.4, 0.5) is 0 Å². The number of nitrogens with zero attached hydrogens (tertiary/aromatic N) is 2. The van der Waals surface area contributed by atoms with Crippen molar-refractivity contribution in [2.24, 2.45) is 5.92 Å². The average Bonchev–Trinajstić information content (AvgIpc) is 3.56. The summed E-state index contributed by atoms with van der Waals surface area (Å²) >= 11 is -2.20. The predicted octanol–water partition coefficient (Wildman–Crippen LogP) is 12.3. The van der Waals surface area contributed by atoms with Gasteiger partial charge in [0.1, 0.15) is 5.58 Å². The Morgan fingerprint density at radius 1 is 0.784 bits per heavy atom. The number of fused-ring (bicyclic) bond motifs is 3. The maximum atomic E-state index is 8.81. The second-order valence-corrected chi connectivity index (χ2v) is 24.5. The molecule has 0 spiro atoms. The molecule has 3 aromatic heterocycles. The molecule has 0 saturated carbocycles. The minimum atomic E-state index is -2.20. The molecule has 4 aromatic carbocycles. The van der Waals surface area contributed by atoms with Gasteiger partial charge in [-0.25, -0.2) is 0 Å². The van der Waals surface area contributed by atoms with E-state index in [4.69, 9.17) is 8.53 Å². The van der Waals surface area contributed by atoms with Crippen LogP contribution < -0.4 is 4.40 Å². The van der Waals surface area contributed by atoms with Crippen LogP contribution in [0, 0.1) is 18.1 Å². The average molecular weight is 913 g/mol. The minimum absolute atomic E-state index is 0. The molecule has 0 N–H and O–H groups in total. The first kappa shape index (κ1) is 34.3. The Morgan fingerprint density at radius 2 is 1.55 bits per heavy atom. The van der Waals surface area contributed by atoms with Gasteiger partial charge in [-0.05, 0) is 47.7 Å². The Balaban J connectivity index is 0.000000217. The number of rotatable bonds is 9. The largest absolute Gasteiger partial charge is 0 e. The molecule has 0 fully saturated rings. The van der Waals surface area contributed by atoms with E-state index >= 15 is 0 Å². The fourth-order valence-corrected chi connectivity index (χ4v) is 9.32. The topological polar surface area (TPSA) is 38.9 Å². The van der Waals surface area contributed by atoms with E-state index in [-0.39, 0.29) is 26.0 Å². The Bertz CT molecular complexity index is 2330. The normalized spacial score (nSPS) is 12.8. The molecule has 0 aliphatic rings. The van der Waals surface area contributed by atoms with Crippen LogP contribution in [0.3, 0.4) is 0 Å². The molecule has 3 heterocycles. The molecule has 5 heteroatoms. The zero-order chi connectivity index (χ0) is 38.0.